The minimum absolute atomic E-state index is 0.259. The van der Waals surface area contributed by atoms with E-state index in [4.69, 9.17) is 20.8 Å². The standard InChI is InChI=1S/C22H13ClN2O3S2/c1-27-21(26)16-10-13(6-8-17(16)23)19-9-7-14(28-19)11-15(12-24)29-22-25-18-4-2-3-5-20(18)30-22/h2-11H,1H3/b15-11+. The molecule has 0 saturated carbocycles. The summed E-state index contributed by atoms with van der Waals surface area (Å²) in [6, 6.07) is 18.5. The van der Waals surface area contributed by atoms with Crippen molar-refractivity contribution in [2.45, 2.75) is 4.34 Å². The van der Waals surface area contributed by atoms with E-state index < -0.39 is 5.97 Å². The first-order valence-electron chi connectivity index (χ1n) is 8.70. The zero-order chi connectivity index (χ0) is 21.1. The second-order valence-electron chi connectivity index (χ2n) is 6.06. The topological polar surface area (TPSA) is 76.1 Å². The maximum Gasteiger partial charge on any atom is 0.339 e. The van der Waals surface area contributed by atoms with Crippen LogP contribution in [0, 0.1) is 11.3 Å². The highest BCUT2D eigenvalue weighted by Gasteiger charge is 2.14. The number of nitriles is 1. The van der Waals surface area contributed by atoms with Crippen molar-refractivity contribution in [2.24, 2.45) is 0 Å². The van der Waals surface area contributed by atoms with Crippen LogP contribution < -0.4 is 0 Å². The van der Waals surface area contributed by atoms with Gasteiger partial charge in [0.15, 0.2) is 4.34 Å². The third-order valence-electron chi connectivity index (χ3n) is 4.14. The highest BCUT2D eigenvalue weighted by molar-refractivity contribution is 8.05. The molecule has 4 rings (SSSR count). The third kappa shape index (κ3) is 4.26. The average Bonchev–Trinajstić information content (AvgIpc) is 3.39. The highest BCUT2D eigenvalue weighted by Crippen LogP contribution is 2.35. The lowest BCUT2D eigenvalue weighted by Gasteiger charge is -2.04. The van der Waals surface area contributed by atoms with Crippen LogP contribution in [0.25, 0.3) is 27.6 Å². The number of esters is 1. The number of thiazole rings is 1. The summed E-state index contributed by atoms with van der Waals surface area (Å²) < 4.78 is 12.5. The Balaban J connectivity index is 1.59. The Bertz CT molecular complexity index is 1280. The van der Waals surface area contributed by atoms with Crippen molar-refractivity contribution in [3.8, 4) is 17.4 Å². The Morgan fingerprint density at radius 2 is 2.10 bits per heavy atom. The Hall–Kier alpha value is -3.05. The number of hydrogen-bond donors (Lipinski definition) is 0. The fourth-order valence-electron chi connectivity index (χ4n) is 2.73. The zero-order valence-corrected chi connectivity index (χ0v) is 18.0. The van der Waals surface area contributed by atoms with E-state index in [0.717, 1.165) is 14.6 Å². The Morgan fingerprint density at radius 3 is 2.87 bits per heavy atom. The third-order valence-corrected chi connectivity index (χ3v) is 6.49. The van der Waals surface area contributed by atoms with Crippen molar-refractivity contribution in [1.82, 2.24) is 4.98 Å². The van der Waals surface area contributed by atoms with Gasteiger partial charge in [0.2, 0.25) is 0 Å². The molecule has 30 heavy (non-hydrogen) atoms. The van der Waals surface area contributed by atoms with Gasteiger partial charge in [0.25, 0.3) is 0 Å². The molecule has 2 aromatic heterocycles. The minimum atomic E-state index is -0.521. The fourth-order valence-corrected chi connectivity index (χ4v) is 4.88. The van der Waals surface area contributed by atoms with Crippen LogP contribution in [0.1, 0.15) is 16.1 Å². The predicted molar refractivity (Wildman–Crippen MR) is 120 cm³/mol. The van der Waals surface area contributed by atoms with Crippen LogP contribution in [0.5, 0.6) is 0 Å². The van der Waals surface area contributed by atoms with Crippen molar-refractivity contribution in [1.29, 1.82) is 5.26 Å². The Morgan fingerprint density at radius 1 is 1.27 bits per heavy atom. The van der Waals surface area contributed by atoms with Gasteiger partial charge < -0.3 is 9.15 Å². The van der Waals surface area contributed by atoms with E-state index in [-0.39, 0.29) is 5.56 Å². The van der Waals surface area contributed by atoms with E-state index in [1.807, 2.05) is 24.3 Å². The van der Waals surface area contributed by atoms with Crippen molar-refractivity contribution < 1.29 is 13.9 Å². The molecule has 0 fully saturated rings. The van der Waals surface area contributed by atoms with E-state index in [1.54, 1.807) is 36.4 Å². The summed E-state index contributed by atoms with van der Waals surface area (Å²) in [5.41, 5.74) is 1.85. The monoisotopic (exact) mass is 452 g/mol. The van der Waals surface area contributed by atoms with E-state index in [9.17, 15) is 10.1 Å². The van der Waals surface area contributed by atoms with Gasteiger partial charge >= 0.3 is 5.97 Å². The number of rotatable bonds is 5. The van der Waals surface area contributed by atoms with Gasteiger partial charge in [0.1, 0.15) is 17.6 Å². The van der Waals surface area contributed by atoms with Crippen LogP contribution in [0.2, 0.25) is 5.02 Å². The average molecular weight is 453 g/mol. The smallest absolute Gasteiger partial charge is 0.339 e. The first kappa shape index (κ1) is 20.2. The maximum absolute atomic E-state index is 11.9. The molecule has 4 aromatic rings. The number of hydrogen-bond acceptors (Lipinski definition) is 7. The van der Waals surface area contributed by atoms with Gasteiger partial charge in [-0.3, -0.25) is 0 Å². The molecule has 0 aliphatic carbocycles. The number of carbonyl (C=O) groups excluding carboxylic acids is 1. The van der Waals surface area contributed by atoms with E-state index in [0.29, 0.717) is 27.0 Å². The molecule has 0 bridgehead atoms. The van der Waals surface area contributed by atoms with E-state index >= 15 is 0 Å². The van der Waals surface area contributed by atoms with Crippen LogP contribution in [-0.4, -0.2) is 18.1 Å². The van der Waals surface area contributed by atoms with Crippen LogP contribution in [0.4, 0.5) is 0 Å². The van der Waals surface area contributed by atoms with Gasteiger partial charge in [-0.15, -0.1) is 11.3 Å². The molecule has 0 aliphatic rings. The molecule has 5 nitrogen and oxygen atoms in total. The lowest BCUT2D eigenvalue weighted by atomic mass is 10.1. The summed E-state index contributed by atoms with van der Waals surface area (Å²) in [6.07, 6.45) is 1.66. The Kier molecular flexibility index (Phi) is 5.91. The van der Waals surface area contributed by atoms with Crippen LogP contribution in [0.3, 0.4) is 0 Å². The molecule has 0 radical (unpaired) electrons. The van der Waals surface area contributed by atoms with E-state index in [2.05, 4.69) is 11.1 Å². The largest absolute Gasteiger partial charge is 0.465 e. The molecule has 2 aromatic carbocycles. The summed E-state index contributed by atoms with van der Waals surface area (Å²) in [6.45, 7) is 0. The molecule has 0 unspecified atom stereocenters. The van der Waals surface area contributed by atoms with Crippen molar-refractivity contribution >= 4 is 57.0 Å². The van der Waals surface area contributed by atoms with Gasteiger partial charge in [-0.25, -0.2) is 9.78 Å². The van der Waals surface area contributed by atoms with Gasteiger partial charge in [-0.1, -0.05) is 23.7 Å². The fraction of sp³-hybridized carbons (Fsp3) is 0.0455. The number of methoxy groups -OCH3 is 1. The summed E-state index contributed by atoms with van der Waals surface area (Å²) >= 11 is 8.90. The number of furan rings is 1. The second kappa shape index (κ2) is 8.76. The molecular weight excluding hydrogens is 440 g/mol. The number of nitrogens with zero attached hydrogens (tertiary/aromatic N) is 2. The number of benzene rings is 2. The molecule has 0 saturated heterocycles. The van der Waals surface area contributed by atoms with E-state index in [1.165, 1.54) is 30.2 Å². The summed E-state index contributed by atoms with van der Waals surface area (Å²) in [5, 5.41) is 9.83. The maximum atomic E-state index is 11.9. The Labute approximate surface area is 185 Å². The summed E-state index contributed by atoms with van der Waals surface area (Å²) in [7, 11) is 1.30. The summed E-state index contributed by atoms with van der Waals surface area (Å²) in [5.74, 6) is 0.544. The normalized spacial score (nSPS) is 11.4. The SMILES string of the molecule is COC(=O)c1cc(-c2ccc(/C=C(\C#N)Sc3nc4ccccc4s3)o2)ccc1Cl. The van der Waals surface area contributed by atoms with Crippen molar-refractivity contribution in [3.63, 3.8) is 0 Å². The molecule has 2 heterocycles. The summed E-state index contributed by atoms with van der Waals surface area (Å²) in [4.78, 5) is 16.9. The number of carbonyl (C=O) groups is 1. The number of allylic oxidation sites excluding steroid dienone is 1. The second-order valence-corrected chi connectivity index (χ2v) is 8.79. The highest BCUT2D eigenvalue weighted by atomic mass is 35.5. The number of ether oxygens (including phenoxy) is 1. The molecule has 148 valence electrons. The minimum Gasteiger partial charge on any atom is -0.465 e. The number of thioether (sulfide) groups is 1. The quantitative estimate of drug-likeness (QED) is 0.191. The molecule has 0 N–H and O–H groups in total. The predicted octanol–water partition coefficient (Wildman–Crippen LogP) is 6.65. The molecule has 0 spiro atoms. The molecule has 0 amide bonds. The number of para-hydroxylation sites is 1. The lowest BCUT2D eigenvalue weighted by Crippen LogP contribution is -2.02. The van der Waals surface area contributed by atoms with Crippen LogP contribution in [0.15, 0.2) is 68.3 Å². The molecular formula is C22H13ClN2O3S2. The zero-order valence-electron chi connectivity index (χ0n) is 15.6. The number of halogens is 1. The first-order valence-corrected chi connectivity index (χ1v) is 10.7. The van der Waals surface area contributed by atoms with Gasteiger partial charge in [0.05, 0.1) is 32.8 Å². The van der Waals surface area contributed by atoms with Gasteiger partial charge in [-0.2, -0.15) is 5.26 Å². The number of aromatic nitrogens is 1. The van der Waals surface area contributed by atoms with Crippen LogP contribution in [-0.2, 0) is 4.74 Å². The van der Waals surface area contributed by atoms with Crippen LogP contribution >= 0.6 is 34.7 Å². The lowest BCUT2D eigenvalue weighted by molar-refractivity contribution is 0.0601. The number of fused-ring (bicyclic) bond motifs is 1. The van der Waals surface area contributed by atoms with Crippen molar-refractivity contribution in [3.05, 3.63) is 75.8 Å². The first-order chi connectivity index (χ1) is 14.6. The molecule has 0 aliphatic heterocycles. The van der Waals surface area contributed by atoms with Gasteiger partial charge in [-0.05, 0) is 54.2 Å². The molecule has 8 heteroatoms. The molecule has 0 atom stereocenters. The van der Waals surface area contributed by atoms with Gasteiger partial charge in [0, 0.05) is 11.6 Å². The van der Waals surface area contributed by atoms with Crippen molar-refractivity contribution in [2.75, 3.05) is 7.11 Å².